The van der Waals surface area contributed by atoms with Crippen LogP contribution in [-0.4, -0.2) is 12.6 Å². The molecule has 1 saturated carbocycles. The highest BCUT2D eigenvalue weighted by atomic mass is 35.5. The van der Waals surface area contributed by atoms with Crippen molar-refractivity contribution < 1.29 is 4.79 Å². The monoisotopic (exact) mass is 328 g/mol. The summed E-state index contributed by atoms with van der Waals surface area (Å²) in [5, 5.41) is 6.44. The fraction of sp³-hybridized carbons (Fsp3) is 0.316. The minimum Gasteiger partial charge on any atom is -0.337 e. The van der Waals surface area contributed by atoms with Gasteiger partial charge in [0.15, 0.2) is 0 Å². The number of hydrogen-bond donors (Lipinski definition) is 2. The number of benzene rings is 2. The number of carbonyl (C=O) groups is 1. The molecule has 3 rings (SSSR count). The summed E-state index contributed by atoms with van der Waals surface area (Å²) in [6.45, 7) is 4.58. The number of anilines is 1. The van der Waals surface area contributed by atoms with E-state index in [1.807, 2.05) is 44.2 Å². The lowest BCUT2D eigenvalue weighted by atomic mass is 9.96. The number of nitrogens with one attached hydrogen (secondary N) is 2. The van der Waals surface area contributed by atoms with Crippen LogP contribution >= 0.6 is 11.6 Å². The lowest BCUT2D eigenvalue weighted by Gasteiger charge is -2.18. The molecule has 0 saturated heterocycles. The molecule has 2 aromatic rings. The van der Waals surface area contributed by atoms with Gasteiger partial charge < -0.3 is 10.6 Å². The molecule has 23 heavy (non-hydrogen) atoms. The Morgan fingerprint density at radius 2 is 1.87 bits per heavy atom. The molecule has 2 amide bonds. The van der Waals surface area contributed by atoms with Crippen LogP contribution in [0.25, 0.3) is 0 Å². The zero-order chi connectivity index (χ0) is 16.4. The highest BCUT2D eigenvalue weighted by molar-refractivity contribution is 6.34. The van der Waals surface area contributed by atoms with Gasteiger partial charge in [0.25, 0.3) is 0 Å². The summed E-state index contributed by atoms with van der Waals surface area (Å²) >= 11 is 6.23. The third-order valence-corrected chi connectivity index (χ3v) is 4.80. The lowest BCUT2D eigenvalue weighted by molar-refractivity contribution is 0.251. The molecule has 120 valence electrons. The maximum atomic E-state index is 12.2. The molecule has 2 aromatic carbocycles. The lowest BCUT2D eigenvalue weighted by Crippen LogP contribution is -2.35. The van der Waals surface area contributed by atoms with E-state index in [4.69, 9.17) is 11.6 Å². The summed E-state index contributed by atoms with van der Waals surface area (Å²) in [4.78, 5) is 12.2. The Morgan fingerprint density at radius 3 is 2.48 bits per heavy atom. The molecule has 0 atom stereocenters. The van der Waals surface area contributed by atoms with Gasteiger partial charge in [-0.15, -0.1) is 0 Å². The molecule has 0 spiro atoms. The molecule has 1 aliphatic carbocycles. The topological polar surface area (TPSA) is 41.1 Å². The number of halogens is 1. The van der Waals surface area contributed by atoms with Crippen molar-refractivity contribution in [1.82, 2.24) is 5.32 Å². The van der Waals surface area contributed by atoms with E-state index in [2.05, 4.69) is 22.8 Å². The molecule has 4 heteroatoms. The van der Waals surface area contributed by atoms with Crippen LogP contribution in [0.4, 0.5) is 10.5 Å². The van der Waals surface area contributed by atoms with Crippen molar-refractivity contribution in [3.8, 4) is 0 Å². The van der Waals surface area contributed by atoms with Gasteiger partial charge in [-0.1, -0.05) is 48.0 Å². The van der Waals surface area contributed by atoms with Crippen molar-refractivity contribution in [3.05, 3.63) is 64.2 Å². The largest absolute Gasteiger partial charge is 0.337 e. The fourth-order valence-corrected chi connectivity index (χ4v) is 3.36. The predicted octanol–water partition coefficient (Wildman–Crippen LogP) is 4.81. The van der Waals surface area contributed by atoms with Crippen LogP contribution in [0.5, 0.6) is 0 Å². The number of carbonyl (C=O) groups excluding carboxylic acids is 1. The Hall–Kier alpha value is -2.00. The molecule has 1 fully saturated rings. The molecule has 0 heterocycles. The van der Waals surface area contributed by atoms with Crippen molar-refractivity contribution in [1.29, 1.82) is 0 Å². The van der Waals surface area contributed by atoms with Crippen LogP contribution < -0.4 is 10.6 Å². The minimum absolute atomic E-state index is 0.102. The van der Waals surface area contributed by atoms with E-state index < -0.39 is 0 Å². The summed E-state index contributed by atoms with van der Waals surface area (Å²) in [6, 6.07) is 14.0. The molecule has 0 aliphatic heterocycles. The van der Waals surface area contributed by atoms with Crippen molar-refractivity contribution in [2.75, 3.05) is 11.9 Å². The van der Waals surface area contributed by atoms with Crippen LogP contribution in [-0.2, 0) is 5.41 Å². The highest BCUT2D eigenvalue weighted by Gasteiger charge is 2.44. The van der Waals surface area contributed by atoms with Crippen LogP contribution in [0.3, 0.4) is 0 Å². The maximum absolute atomic E-state index is 12.2. The number of amides is 2. The maximum Gasteiger partial charge on any atom is 0.319 e. The SMILES string of the molecule is Cc1cc(C)c(NC(=O)NCC2(c3ccccc3)CC2)c(Cl)c1. The van der Waals surface area contributed by atoms with Crippen LogP contribution in [0.15, 0.2) is 42.5 Å². The zero-order valence-electron chi connectivity index (χ0n) is 13.4. The Kier molecular flexibility index (Phi) is 4.31. The minimum atomic E-state index is -0.207. The third-order valence-electron chi connectivity index (χ3n) is 4.50. The average Bonchev–Trinajstić information content (AvgIpc) is 3.31. The molecule has 0 unspecified atom stereocenters. The van der Waals surface area contributed by atoms with Gasteiger partial charge in [0.2, 0.25) is 0 Å². The first kappa shape index (κ1) is 15.9. The fourth-order valence-electron chi connectivity index (χ4n) is 2.99. The summed E-state index contributed by atoms with van der Waals surface area (Å²) in [5.74, 6) is 0. The number of aryl methyl sites for hydroxylation is 2. The molecule has 3 nitrogen and oxygen atoms in total. The molecule has 2 N–H and O–H groups in total. The Morgan fingerprint density at radius 1 is 1.17 bits per heavy atom. The molecular formula is C19H21ClN2O. The first-order valence-electron chi connectivity index (χ1n) is 7.87. The normalized spacial score (nSPS) is 15.1. The van der Waals surface area contributed by atoms with Crippen molar-refractivity contribution >= 4 is 23.3 Å². The first-order chi connectivity index (χ1) is 11.0. The van der Waals surface area contributed by atoms with Crippen molar-refractivity contribution in [2.24, 2.45) is 0 Å². The van der Waals surface area contributed by atoms with Gasteiger partial charge >= 0.3 is 6.03 Å². The van der Waals surface area contributed by atoms with Gasteiger partial charge in [-0.25, -0.2) is 4.79 Å². The van der Waals surface area contributed by atoms with Gasteiger partial charge in [0, 0.05) is 12.0 Å². The van der Waals surface area contributed by atoms with Gasteiger partial charge in [0.05, 0.1) is 10.7 Å². The zero-order valence-corrected chi connectivity index (χ0v) is 14.2. The predicted molar refractivity (Wildman–Crippen MR) is 95.3 cm³/mol. The second-order valence-corrected chi connectivity index (χ2v) is 6.80. The van der Waals surface area contributed by atoms with E-state index in [1.165, 1.54) is 5.56 Å². The van der Waals surface area contributed by atoms with Crippen molar-refractivity contribution in [3.63, 3.8) is 0 Å². The van der Waals surface area contributed by atoms with E-state index in [0.29, 0.717) is 17.3 Å². The number of hydrogen-bond acceptors (Lipinski definition) is 1. The second kappa shape index (κ2) is 6.25. The Labute approximate surface area is 142 Å². The smallest absolute Gasteiger partial charge is 0.319 e. The molecule has 0 radical (unpaired) electrons. The van der Waals surface area contributed by atoms with E-state index in [-0.39, 0.29) is 11.4 Å². The van der Waals surface area contributed by atoms with Gasteiger partial charge in [-0.2, -0.15) is 0 Å². The molecule has 0 aromatic heterocycles. The van der Waals surface area contributed by atoms with Crippen LogP contribution in [0, 0.1) is 13.8 Å². The summed E-state index contributed by atoms with van der Waals surface area (Å²) in [7, 11) is 0. The van der Waals surface area contributed by atoms with Gasteiger partial charge in [-0.05, 0) is 49.4 Å². The van der Waals surface area contributed by atoms with E-state index in [9.17, 15) is 4.79 Å². The Bertz CT molecular complexity index is 700. The quantitative estimate of drug-likeness (QED) is 0.830. The average molecular weight is 329 g/mol. The summed E-state index contributed by atoms with van der Waals surface area (Å²) in [6.07, 6.45) is 2.23. The van der Waals surface area contributed by atoms with Gasteiger partial charge in [0.1, 0.15) is 0 Å². The van der Waals surface area contributed by atoms with E-state index >= 15 is 0 Å². The standard InChI is InChI=1S/C19H21ClN2O/c1-13-10-14(2)17(16(20)11-13)22-18(23)21-12-19(8-9-19)15-6-4-3-5-7-15/h3-7,10-11H,8-9,12H2,1-2H3,(H2,21,22,23). The summed E-state index contributed by atoms with van der Waals surface area (Å²) in [5.41, 5.74) is 4.13. The van der Waals surface area contributed by atoms with E-state index in [0.717, 1.165) is 24.0 Å². The van der Waals surface area contributed by atoms with Gasteiger partial charge in [-0.3, -0.25) is 0 Å². The van der Waals surface area contributed by atoms with Crippen LogP contribution in [0.2, 0.25) is 5.02 Å². The third kappa shape index (κ3) is 3.50. The molecule has 1 aliphatic rings. The Balaban J connectivity index is 1.63. The van der Waals surface area contributed by atoms with Crippen LogP contribution in [0.1, 0.15) is 29.5 Å². The van der Waals surface area contributed by atoms with E-state index in [1.54, 1.807) is 0 Å². The van der Waals surface area contributed by atoms with Crippen molar-refractivity contribution in [2.45, 2.75) is 32.1 Å². The summed E-state index contributed by atoms with van der Waals surface area (Å²) < 4.78 is 0. The highest BCUT2D eigenvalue weighted by Crippen LogP contribution is 2.47. The number of urea groups is 1. The first-order valence-corrected chi connectivity index (χ1v) is 8.25. The second-order valence-electron chi connectivity index (χ2n) is 6.39. The number of rotatable bonds is 4. The molecule has 0 bridgehead atoms. The molecular weight excluding hydrogens is 308 g/mol.